The second-order valence-corrected chi connectivity index (χ2v) is 10.1. The SMILES string of the molecule is CNC(=O)c1c(-c2ccc(F)cc2)oc2cc(N(C)S(C)(=O)=O)c(OCc3nccs3)cc12. The lowest BCUT2D eigenvalue weighted by atomic mass is 10.0. The van der Waals surface area contributed by atoms with E-state index >= 15 is 0 Å². The van der Waals surface area contributed by atoms with Gasteiger partial charge in [-0.3, -0.25) is 9.10 Å². The van der Waals surface area contributed by atoms with Crippen LogP contribution < -0.4 is 14.4 Å². The Balaban J connectivity index is 1.93. The number of anilines is 1. The summed E-state index contributed by atoms with van der Waals surface area (Å²) in [7, 11) is -0.736. The Hall–Kier alpha value is -3.44. The average molecular weight is 490 g/mol. The maximum atomic E-state index is 13.4. The Morgan fingerprint density at radius 1 is 1.27 bits per heavy atom. The lowest BCUT2D eigenvalue weighted by Crippen LogP contribution is -2.25. The highest BCUT2D eigenvalue weighted by molar-refractivity contribution is 7.92. The molecule has 0 saturated carbocycles. The first kappa shape index (κ1) is 22.7. The molecule has 172 valence electrons. The molecule has 4 rings (SSSR count). The Morgan fingerprint density at radius 3 is 2.61 bits per heavy atom. The Labute approximate surface area is 193 Å². The van der Waals surface area contributed by atoms with Gasteiger partial charge in [-0.1, -0.05) is 0 Å². The number of nitrogens with one attached hydrogen (secondary N) is 1. The van der Waals surface area contributed by atoms with Gasteiger partial charge in [0.1, 0.15) is 34.5 Å². The standard InChI is InChI=1S/C22H20FN3O5S2/c1-24-22(27)20-15-10-18(30-12-19-25-8-9-32-19)16(26(2)33(3,28)29)11-17(15)31-21(20)13-4-6-14(23)7-5-13/h4-11H,12H2,1-3H3,(H,24,27). The molecule has 33 heavy (non-hydrogen) atoms. The number of ether oxygens (including phenoxy) is 1. The van der Waals surface area contributed by atoms with E-state index in [0.717, 1.165) is 10.6 Å². The van der Waals surface area contributed by atoms with E-state index in [-0.39, 0.29) is 35.0 Å². The molecule has 0 bridgehead atoms. The van der Waals surface area contributed by atoms with Crippen LogP contribution in [0.3, 0.4) is 0 Å². The molecule has 0 atom stereocenters. The summed E-state index contributed by atoms with van der Waals surface area (Å²) in [6, 6.07) is 8.61. The minimum absolute atomic E-state index is 0.117. The lowest BCUT2D eigenvalue weighted by molar-refractivity contribution is 0.0964. The fourth-order valence-electron chi connectivity index (χ4n) is 3.27. The normalized spacial score (nSPS) is 11.5. The topological polar surface area (TPSA) is 102 Å². The fraction of sp³-hybridized carbons (Fsp3) is 0.182. The van der Waals surface area contributed by atoms with Crippen LogP contribution in [0.4, 0.5) is 10.1 Å². The average Bonchev–Trinajstić information content (AvgIpc) is 3.43. The van der Waals surface area contributed by atoms with E-state index in [1.807, 2.05) is 0 Å². The predicted octanol–water partition coefficient (Wildman–Crippen LogP) is 4.03. The van der Waals surface area contributed by atoms with Crippen LogP contribution in [-0.2, 0) is 16.6 Å². The smallest absolute Gasteiger partial charge is 0.255 e. The number of benzene rings is 2. The second kappa shape index (κ2) is 8.83. The minimum Gasteiger partial charge on any atom is -0.484 e. The first-order chi connectivity index (χ1) is 15.7. The number of halogens is 1. The number of amides is 1. The van der Waals surface area contributed by atoms with Gasteiger partial charge >= 0.3 is 0 Å². The van der Waals surface area contributed by atoms with Gasteiger partial charge in [0.15, 0.2) is 0 Å². The molecule has 8 nitrogen and oxygen atoms in total. The first-order valence-corrected chi connectivity index (χ1v) is 12.5. The molecule has 0 saturated heterocycles. The molecular weight excluding hydrogens is 469 g/mol. The molecule has 0 spiro atoms. The number of rotatable bonds is 7. The van der Waals surface area contributed by atoms with Crippen molar-refractivity contribution in [3.63, 3.8) is 0 Å². The van der Waals surface area contributed by atoms with E-state index in [0.29, 0.717) is 16.0 Å². The monoisotopic (exact) mass is 489 g/mol. The van der Waals surface area contributed by atoms with E-state index in [1.54, 1.807) is 17.6 Å². The Kier molecular flexibility index (Phi) is 6.09. The molecule has 0 fully saturated rings. The van der Waals surface area contributed by atoms with Crippen molar-refractivity contribution in [1.82, 2.24) is 10.3 Å². The third-order valence-electron chi connectivity index (χ3n) is 5.00. The van der Waals surface area contributed by atoms with E-state index in [2.05, 4.69) is 10.3 Å². The van der Waals surface area contributed by atoms with Gasteiger partial charge in [-0.2, -0.15) is 0 Å². The van der Waals surface area contributed by atoms with Crippen molar-refractivity contribution in [2.75, 3.05) is 24.7 Å². The summed E-state index contributed by atoms with van der Waals surface area (Å²) in [4.78, 5) is 17.0. The molecule has 0 aliphatic heterocycles. The highest BCUT2D eigenvalue weighted by Gasteiger charge is 2.26. The van der Waals surface area contributed by atoms with Crippen LogP contribution in [0.25, 0.3) is 22.3 Å². The summed E-state index contributed by atoms with van der Waals surface area (Å²) in [6.45, 7) is 0.117. The first-order valence-electron chi connectivity index (χ1n) is 9.72. The van der Waals surface area contributed by atoms with Gasteiger partial charge in [0, 0.05) is 42.7 Å². The summed E-state index contributed by atoms with van der Waals surface area (Å²) in [5, 5.41) is 5.52. The van der Waals surface area contributed by atoms with Crippen LogP contribution in [-0.4, -0.2) is 39.7 Å². The number of hydrogen-bond acceptors (Lipinski definition) is 7. The number of aromatic nitrogens is 1. The molecule has 2 aromatic carbocycles. The number of sulfonamides is 1. The maximum Gasteiger partial charge on any atom is 0.255 e. The van der Waals surface area contributed by atoms with Crippen LogP contribution in [0, 0.1) is 5.82 Å². The van der Waals surface area contributed by atoms with Crippen LogP contribution in [0.15, 0.2) is 52.4 Å². The summed E-state index contributed by atoms with van der Waals surface area (Å²) < 4.78 is 51.0. The van der Waals surface area contributed by atoms with Crippen LogP contribution >= 0.6 is 11.3 Å². The molecule has 4 aromatic rings. The van der Waals surface area contributed by atoms with Gasteiger partial charge in [-0.15, -0.1) is 11.3 Å². The summed E-state index contributed by atoms with van der Waals surface area (Å²) >= 11 is 1.40. The Bertz CT molecular complexity index is 1410. The summed E-state index contributed by atoms with van der Waals surface area (Å²) in [5.74, 6) is -0.369. The lowest BCUT2D eigenvalue weighted by Gasteiger charge is -2.20. The molecule has 0 aliphatic rings. The van der Waals surface area contributed by atoms with Crippen LogP contribution in [0.1, 0.15) is 15.4 Å². The van der Waals surface area contributed by atoms with Gasteiger partial charge in [0.05, 0.1) is 17.5 Å². The van der Waals surface area contributed by atoms with E-state index in [9.17, 15) is 17.6 Å². The van der Waals surface area contributed by atoms with Crippen molar-refractivity contribution in [3.8, 4) is 17.1 Å². The zero-order valence-electron chi connectivity index (χ0n) is 18.0. The quantitative estimate of drug-likeness (QED) is 0.421. The fourth-order valence-corrected chi connectivity index (χ4v) is 4.30. The number of nitrogens with zero attached hydrogens (tertiary/aromatic N) is 2. The molecule has 2 heterocycles. The maximum absolute atomic E-state index is 13.4. The summed E-state index contributed by atoms with van der Waals surface area (Å²) in [6.07, 6.45) is 2.72. The molecule has 0 aliphatic carbocycles. The van der Waals surface area contributed by atoms with Crippen molar-refractivity contribution in [2.24, 2.45) is 0 Å². The number of hydrogen-bond donors (Lipinski definition) is 1. The number of carbonyl (C=O) groups excluding carboxylic acids is 1. The van der Waals surface area contributed by atoms with E-state index < -0.39 is 21.7 Å². The Morgan fingerprint density at radius 2 is 2.00 bits per heavy atom. The zero-order valence-corrected chi connectivity index (χ0v) is 19.6. The predicted molar refractivity (Wildman–Crippen MR) is 125 cm³/mol. The summed E-state index contributed by atoms with van der Waals surface area (Å²) in [5.41, 5.74) is 1.24. The highest BCUT2D eigenvalue weighted by atomic mass is 32.2. The number of carbonyl (C=O) groups is 1. The molecule has 11 heteroatoms. The van der Waals surface area contributed by atoms with Crippen molar-refractivity contribution >= 4 is 43.9 Å². The van der Waals surface area contributed by atoms with E-state index in [4.69, 9.17) is 9.15 Å². The molecule has 1 N–H and O–H groups in total. The molecule has 1 amide bonds. The van der Waals surface area contributed by atoms with Crippen molar-refractivity contribution in [1.29, 1.82) is 0 Å². The third-order valence-corrected chi connectivity index (χ3v) is 6.95. The molecule has 0 radical (unpaired) electrons. The van der Waals surface area contributed by atoms with Gasteiger partial charge in [-0.25, -0.2) is 17.8 Å². The highest BCUT2D eigenvalue weighted by Crippen LogP contribution is 2.41. The largest absolute Gasteiger partial charge is 0.484 e. The van der Waals surface area contributed by atoms with Gasteiger partial charge in [0.2, 0.25) is 10.0 Å². The van der Waals surface area contributed by atoms with Crippen molar-refractivity contribution < 1.29 is 26.8 Å². The zero-order chi connectivity index (χ0) is 23.8. The van der Waals surface area contributed by atoms with Crippen molar-refractivity contribution in [2.45, 2.75) is 6.61 Å². The van der Waals surface area contributed by atoms with E-state index in [1.165, 1.54) is 55.8 Å². The minimum atomic E-state index is -3.62. The third kappa shape index (κ3) is 4.55. The second-order valence-electron chi connectivity index (χ2n) is 7.15. The molecular formula is C22H20FN3O5S2. The van der Waals surface area contributed by atoms with Crippen LogP contribution in [0.2, 0.25) is 0 Å². The van der Waals surface area contributed by atoms with Gasteiger partial charge in [-0.05, 0) is 30.3 Å². The number of fused-ring (bicyclic) bond motifs is 1. The van der Waals surface area contributed by atoms with Crippen LogP contribution in [0.5, 0.6) is 5.75 Å². The van der Waals surface area contributed by atoms with Gasteiger partial charge < -0.3 is 14.5 Å². The molecule has 0 unspecified atom stereocenters. The number of furan rings is 1. The van der Waals surface area contributed by atoms with Gasteiger partial charge in [0.25, 0.3) is 5.91 Å². The number of thiazole rings is 1. The van der Waals surface area contributed by atoms with Crippen molar-refractivity contribution in [3.05, 3.63) is 64.4 Å². The molecule has 2 aromatic heterocycles.